The largest absolute Gasteiger partial charge is 0.454 e. The van der Waals surface area contributed by atoms with Crippen LogP contribution in [0.3, 0.4) is 0 Å². The Labute approximate surface area is 146 Å². The number of ether oxygens (including phenoxy) is 3. The van der Waals surface area contributed by atoms with Crippen LogP contribution in [0.4, 0.5) is 0 Å². The van der Waals surface area contributed by atoms with Crippen molar-refractivity contribution in [1.82, 2.24) is 14.7 Å². The van der Waals surface area contributed by atoms with Gasteiger partial charge in [-0.1, -0.05) is 6.07 Å². The zero-order valence-electron chi connectivity index (χ0n) is 14.3. The SMILES string of the molecule is Cc1cnn(C2CN(C[C@@H](O)COCc3ccc4c(c3)OCO4)C2)c1. The van der Waals surface area contributed by atoms with Crippen molar-refractivity contribution in [3.8, 4) is 11.5 Å². The maximum Gasteiger partial charge on any atom is 0.231 e. The van der Waals surface area contributed by atoms with Gasteiger partial charge in [0, 0.05) is 25.8 Å². The molecule has 0 amide bonds. The van der Waals surface area contributed by atoms with E-state index >= 15 is 0 Å². The highest BCUT2D eigenvalue weighted by Crippen LogP contribution is 2.32. The summed E-state index contributed by atoms with van der Waals surface area (Å²) in [4.78, 5) is 2.22. The second kappa shape index (κ2) is 7.03. The number of nitrogens with zero attached hydrogens (tertiary/aromatic N) is 3. The fraction of sp³-hybridized carbons (Fsp3) is 0.500. The quantitative estimate of drug-likeness (QED) is 0.817. The summed E-state index contributed by atoms with van der Waals surface area (Å²) in [7, 11) is 0. The first kappa shape index (κ1) is 16.4. The van der Waals surface area contributed by atoms with E-state index in [9.17, 15) is 5.11 Å². The molecule has 0 saturated carbocycles. The van der Waals surface area contributed by atoms with E-state index in [1.165, 1.54) is 5.56 Å². The molecule has 7 heteroatoms. The highest BCUT2D eigenvalue weighted by Gasteiger charge is 2.29. The van der Waals surface area contributed by atoms with Crippen LogP contribution in [0.25, 0.3) is 0 Å². The van der Waals surface area contributed by atoms with Crippen molar-refractivity contribution in [2.24, 2.45) is 0 Å². The average Bonchev–Trinajstić information content (AvgIpc) is 3.18. The zero-order valence-corrected chi connectivity index (χ0v) is 14.3. The molecular formula is C18H23N3O4. The average molecular weight is 345 g/mol. The van der Waals surface area contributed by atoms with E-state index in [-0.39, 0.29) is 6.79 Å². The van der Waals surface area contributed by atoms with Crippen LogP contribution < -0.4 is 9.47 Å². The number of β-amino-alcohol motifs (C(OH)–C–C–N with tert-alkyl or cyclic N) is 1. The van der Waals surface area contributed by atoms with Crippen LogP contribution in [0, 0.1) is 6.92 Å². The molecule has 25 heavy (non-hydrogen) atoms. The summed E-state index contributed by atoms with van der Waals surface area (Å²) >= 11 is 0. The molecule has 0 aliphatic carbocycles. The number of benzene rings is 1. The Kier molecular flexibility index (Phi) is 4.61. The van der Waals surface area contributed by atoms with Crippen molar-refractivity contribution in [1.29, 1.82) is 0 Å². The van der Waals surface area contributed by atoms with Gasteiger partial charge in [-0.2, -0.15) is 5.10 Å². The third-order valence-electron chi connectivity index (χ3n) is 4.53. The number of aliphatic hydroxyl groups excluding tert-OH is 1. The number of aryl methyl sites for hydroxylation is 1. The molecule has 3 heterocycles. The van der Waals surface area contributed by atoms with Gasteiger partial charge >= 0.3 is 0 Å². The second-order valence-corrected chi connectivity index (χ2v) is 6.73. The molecule has 2 aromatic rings. The predicted molar refractivity (Wildman–Crippen MR) is 90.7 cm³/mol. The molecule has 1 aromatic carbocycles. The van der Waals surface area contributed by atoms with Crippen LogP contribution in [0.15, 0.2) is 30.6 Å². The monoisotopic (exact) mass is 345 g/mol. The van der Waals surface area contributed by atoms with Crippen LogP contribution in [-0.2, 0) is 11.3 Å². The fourth-order valence-corrected chi connectivity index (χ4v) is 3.19. The molecule has 0 spiro atoms. The number of aromatic nitrogens is 2. The van der Waals surface area contributed by atoms with E-state index in [1.54, 1.807) is 0 Å². The molecule has 1 saturated heterocycles. The molecule has 2 aliphatic rings. The summed E-state index contributed by atoms with van der Waals surface area (Å²) in [6.45, 7) is 5.53. The molecule has 1 atom stereocenters. The minimum atomic E-state index is -0.491. The number of rotatable bonds is 7. The van der Waals surface area contributed by atoms with Crippen molar-refractivity contribution >= 4 is 0 Å². The van der Waals surface area contributed by atoms with E-state index in [0.29, 0.717) is 25.8 Å². The van der Waals surface area contributed by atoms with Gasteiger partial charge in [-0.25, -0.2) is 0 Å². The van der Waals surface area contributed by atoms with Crippen molar-refractivity contribution in [2.75, 3.05) is 33.0 Å². The van der Waals surface area contributed by atoms with E-state index < -0.39 is 6.10 Å². The maximum absolute atomic E-state index is 10.1. The number of aliphatic hydroxyl groups is 1. The van der Waals surface area contributed by atoms with E-state index in [2.05, 4.69) is 16.2 Å². The van der Waals surface area contributed by atoms with Crippen molar-refractivity contribution in [3.05, 3.63) is 41.7 Å². The van der Waals surface area contributed by atoms with Gasteiger partial charge in [0.2, 0.25) is 6.79 Å². The van der Waals surface area contributed by atoms with Gasteiger partial charge in [-0.05, 0) is 30.2 Å². The molecule has 134 valence electrons. The standard InChI is InChI=1S/C18H23N3O4/c1-13-5-19-21(6-13)15-7-20(8-15)9-16(22)11-23-10-14-2-3-17-18(4-14)25-12-24-17/h2-6,15-16,22H,7-12H2,1H3/t16-/m1/s1. The molecule has 1 aromatic heterocycles. The Morgan fingerprint density at radius 2 is 2.16 bits per heavy atom. The number of hydrogen-bond donors (Lipinski definition) is 1. The van der Waals surface area contributed by atoms with Crippen LogP contribution in [0.1, 0.15) is 17.2 Å². The van der Waals surface area contributed by atoms with Crippen molar-refractivity contribution in [2.45, 2.75) is 25.7 Å². The van der Waals surface area contributed by atoms with Gasteiger partial charge in [-0.15, -0.1) is 0 Å². The van der Waals surface area contributed by atoms with Gasteiger partial charge in [-0.3, -0.25) is 9.58 Å². The maximum atomic E-state index is 10.1. The Hall–Kier alpha value is -2.09. The lowest BCUT2D eigenvalue weighted by molar-refractivity contribution is -0.0134. The third kappa shape index (κ3) is 3.78. The Morgan fingerprint density at radius 1 is 1.32 bits per heavy atom. The molecule has 0 radical (unpaired) electrons. The first-order valence-electron chi connectivity index (χ1n) is 8.55. The van der Waals surface area contributed by atoms with Crippen LogP contribution in [0.2, 0.25) is 0 Å². The van der Waals surface area contributed by atoms with Gasteiger partial charge in [0.1, 0.15) is 0 Å². The minimum Gasteiger partial charge on any atom is -0.454 e. The molecular weight excluding hydrogens is 322 g/mol. The highest BCUT2D eigenvalue weighted by molar-refractivity contribution is 5.44. The summed E-state index contributed by atoms with van der Waals surface area (Å²) in [5.41, 5.74) is 2.19. The summed E-state index contributed by atoms with van der Waals surface area (Å²) in [6, 6.07) is 6.16. The summed E-state index contributed by atoms with van der Waals surface area (Å²) < 4.78 is 18.3. The Bertz CT molecular complexity index is 727. The van der Waals surface area contributed by atoms with E-state index in [1.807, 2.05) is 36.0 Å². The third-order valence-corrected chi connectivity index (χ3v) is 4.53. The van der Waals surface area contributed by atoms with Crippen LogP contribution >= 0.6 is 0 Å². The highest BCUT2D eigenvalue weighted by atomic mass is 16.7. The Balaban J connectivity index is 1.16. The van der Waals surface area contributed by atoms with Gasteiger partial charge in [0.15, 0.2) is 11.5 Å². The fourth-order valence-electron chi connectivity index (χ4n) is 3.19. The van der Waals surface area contributed by atoms with Gasteiger partial charge in [0.25, 0.3) is 0 Å². The zero-order chi connectivity index (χ0) is 17.2. The molecule has 1 fully saturated rings. The number of likely N-dealkylation sites (tertiary alicyclic amines) is 1. The van der Waals surface area contributed by atoms with E-state index in [4.69, 9.17) is 14.2 Å². The Morgan fingerprint density at radius 3 is 2.96 bits per heavy atom. The molecule has 0 unspecified atom stereocenters. The summed E-state index contributed by atoms with van der Waals surface area (Å²) in [5, 5.41) is 14.5. The van der Waals surface area contributed by atoms with E-state index in [0.717, 1.165) is 30.2 Å². The van der Waals surface area contributed by atoms with Crippen molar-refractivity contribution < 1.29 is 19.3 Å². The predicted octanol–water partition coefficient (Wildman–Crippen LogP) is 1.35. The minimum absolute atomic E-state index is 0.271. The molecule has 7 nitrogen and oxygen atoms in total. The molecule has 2 aliphatic heterocycles. The van der Waals surface area contributed by atoms with Gasteiger partial charge in [0.05, 0.1) is 31.6 Å². The normalized spacial score (nSPS) is 18.3. The molecule has 0 bridgehead atoms. The summed E-state index contributed by atoms with van der Waals surface area (Å²) in [6.07, 6.45) is 3.45. The number of fused-ring (bicyclic) bond motifs is 1. The lowest BCUT2D eigenvalue weighted by atomic mass is 10.1. The first-order valence-corrected chi connectivity index (χ1v) is 8.55. The smallest absolute Gasteiger partial charge is 0.231 e. The van der Waals surface area contributed by atoms with Crippen molar-refractivity contribution in [3.63, 3.8) is 0 Å². The molecule has 1 N–H and O–H groups in total. The van der Waals surface area contributed by atoms with Gasteiger partial charge < -0.3 is 19.3 Å². The van der Waals surface area contributed by atoms with Crippen LogP contribution in [-0.4, -0.2) is 58.9 Å². The molecule has 4 rings (SSSR count). The lowest BCUT2D eigenvalue weighted by Crippen LogP contribution is -2.51. The van der Waals surface area contributed by atoms with Crippen LogP contribution in [0.5, 0.6) is 11.5 Å². The summed E-state index contributed by atoms with van der Waals surface area (Å²) in [5.74, 6) is 1.52. The lowest BCUT2D eigenvalue weighted by Gasteiger charge is -2.40. The number of hydrogen-bond acceptors (Lipinski definition) is 6. The first-order chi connectivity index (χ1) is 12.2. The second-order valence-electron chi connectivity index (χ2n) is 6.73. The topological polar surface area (TPSA) is 69.0 Å².